The number of amides is 2. The summed E-state index contributed by atoms with van der Waals surface area (Å²) in [4.78, 5) is 41.5. The Kier molecular flexibility index (Phi) is 7.43. The van der Waals surface area contributed by atoms with E-state index in [1.54, 1.807) is 29.3 Å². The van der Waals surface area contributed by atoms with Crippen LogP contribution < -0.4 is 16.0 Å². The van der Waals surface area contributed by atoms with E-state index in [-0.39, 0.29) is 17.3 Å². The summed E-state index contributed by atoms with van der Waals surface area (Å²) in [6.45, 7) is 7.74. The maximum Gasteiger partial charge on any atom is 0.418 e. The number of imidazole rings is 1. The standard InChI is InChI=1S/C29H30F3N7O3/c1-28(2,3)42-27(41)39-13-11-38(12-14-39)23-10-7-17(16-34-23)25-36-22-6-4-5-19(24(22)37-25)26(40)35-18-8-9-21(33)20(15-18)29(30,31)32/h4-10,15-16H,11-14,33H2,1-3H3,(H,35,40)(H,36,37). The number of benzene rings is 2. The molecule has 4 N–H and O–H groups in total. The molecular formula is C29H30F3N7O3. The van der Waals surface area contributed by atoms with Gasteiger partial charge in [0.05, 0.1) is 16.6 Å². The van der Waals surface area contributed by atoms with Crippen LogP contribution in [-0.2, 0) is 10.9 Å². The number of nitrogens with zero attached hydrogens (tertiary/aromatic N) is 4. The van der Waals surface area contributed by atoms with Crippen LogP contribution in [0.15, 0.2) is 54.7 Å². The third-order valence-electron chi connectivity index (χ3n) is 6.65. The van der Waals surface area contributed by atoms with Crippen LogP contribution >= 0.6 is 0 Å². The molecule has 1 saturated heterocycles. The first-order valence-corrected chi connectivity index (χ1v) is 13.2. The predicted octanol–water partition coefficient (Wildman–Crippen LogP) is 5.54. The number of para-hydroxylation sites is 1. The number of pyridine rings is 1. The number of carbonyl (C=O) groups excluding carboxylic acids is 2. The average molecular weight is 582 g/mol. The first-order chi connectivity index (χ1) is 19.8. The van der Waals surface area contributed by atoms with Crippen molar-refractivity contribution in [1.29, 1.82) is 0 Å². The van der Waals surface area contributed by atoms with Crippen molar-refractivity contribution in [2.75, 3.05) is 42.1 Å². The van der Waals surface area contributed by atoms with Crippen molar-refractivity contribution >= 4 is 40.2 Å². The maximum atomic E-state index is 13.3. The monoisotopic (exact) mass is 581 g/mol. The van der Waals surface area contributed by atoms with Crippen LogP contribution in [-0.4, -0.2) is 63.6 Å². The van der Waals surface area contributed by atoms with Crippen LogP contribution in [0.1, 0.15) is 36.7 Å². The van der Waals surface area contributed by atoms with Gasteiger partial charge in [-0.05, 0) is 63.2 Å². The van der Waals surface area contributed by atoms with Crippen LogP contribution in [0.2, 0.25) is 0 Å². The van der Waals surface area contributed by atoms with Gasteiger partial charge in [-0.25, -0.2) is 14.8 Å². The second kappa shape index (κ2) is 10.9. The van der Waals surface area contributed by atoms with Crippen molar-refractivity contribution in [2.45, 2.75) is 32.5 Å². The molecule has 220 valence electrons. The molecule has 0 saturated carbocycles. The molecule has 42 heavy (non-hydrogen) atoms. The molecule has 2 aromatic heterocycles. The average Bonchev–Trinajstić information content (AvgIpc) is 3.37. The molecule has 0 atom stereocenters. The summed E-state index contributed by atoms with van der Waals surface area (Å²) < 4.78 is 45.2. The molecule has 13 heteroatoms. The molecule has 2 aromatic carbocycles. The summed E-state index contributed by atoms with van der Waals surface area (Å²) in [5, 5.41) is 2.51. The Hall–Kier alpha value is -4.81. The lowest BCUT2D eigenvalue weighted by Gasteiger charge is -2.36. The van der Waals surface area contributed by atoms with E-state index in [9.17, 15) is 22.8 Å². The number of hydrogen-bond donors (Lipinski definition) is 3. The largest absolute Gasteiger partial charge is 0.444 e. The van der Waals surface area contributed by atoms with E-state index in [1.807, 2.05) is 32.9 Å². The van der Waals surface area contributed by atoms with Gasteiger partial charge in [0, 0.05) is 49.3 Å². The minimum Gasteiger partial charge on any atom is -0.444 e. The Morgan fingerprint density at radius 2 is 1.76 bits per heavy atom. The molecule has 3 heterocycles. The number of hydrogen-bond acceptors (Lipinski definition) is 7. The highest BCUT2D eigenvalue weighted by molar-refractivity contribution is 6.11. The zero-order chi connectivity index (χ0) is 30.2. The summed E-state index contributed by atoms with van der Waals surface area (Å²) >= 11 is 0. The Morgan fingerprint density at radius 1 is 1.02 bits per heavy atom. The van der Waals surface area contributed by atoms with Crippen molar-refractivity contribution in [3.63, 3.8) is 0 Å². The summed E-state index contributed by atoms with van der Waals surface area (Å²) in [6, 6.07) is 11.9. The zero-order valence-electron chi connectivity index (χ0n) is 23.2. The lowest BCUT2D eigenvalue weighted by atomic mass is 10.1. The molecule has 10 nitrogen and oxygen atoms in total. The lowest BCUT2D eigenvalue weighted by Crippen LogP contribution is -2.50. The number of H-pyrrole nitrogens is 1. The van der Waals surface area contributed by atoms with E-state index in [0.29, 0.717) is 48.6 Å². The smallest absolute Gasteiger partial charge is 0.418 e. The van der Waals surface area contributed by atoms with E-state index in [1.165, 1.54) is 6.07 Å². The Balaban J connectivity index is 1.29. The normalized spacial score (nSPS) is 14.2. The van der Waals surface area contributed by atoms with Gasteiger partial charge in [-0.3, -0.25) is 4.79 Å². The number of ether oxygens (including phenoxy) is 1. The number of alkyl halides is 3. The minimum absolute atomic E-state index is 0.0407. The zero-order valence-corrected chi connectivity index (χ0v) is 23.2. The molecule has 1 aliphatic rings. The van der Waals surface area contributed by atoms with Gasteiger partial charge >= 0.3 is 12.3 Å². The number of rotatable bonds is 4. The van der Waals surface area contributed by atoms with Gasteiger partial charge in [-0.1, -0.05) is 6.07 Å². The number of carbonyl (C=O) groups is 2. The fraction of sp³-hybridized carbons (Fsp3) is 0.310. The van der Waals surface area contributed by atoms with Gasteiger partial charge < -0.3 is 30.6 Å². The Labute approximate surface area is 239 Å². The SMILES string of the molecule is CC(C)(C)OC(=O)N1CCN(c2ccc(-c3nc4c(C(=O)Nc5ccc(N)c(C(F)(F)F)c5)cccc4[nH]3)cn2)CC1. The Bertz CT molecular complexity index is 1620. The van der Waals surface area contributed by atoms with Crippen LogP contribution in [0, 0.1) is 0 Å². The van der Waals surface area contributed by atoms with Crippen molar-refractivity contribution < 1.29 is 27.5 Å². The number of halogens is 3. The molecule has 1 fully saturated rings. The second-order valence-electron chi connectivity index (χ2n) is 10.9. The predicted molar refractivity (Wildman–Crippen MR) is 153 cm³/mol. The molecule has 0 unspecified atom stereocenters. The number of aromatic amines is 1. The number of nitrogens with two attached hydrogens (primary N) is 1. The van der Waals surface area contributed by atoms with Gasteiger partial charge in [0.25, 0.3) is 5.91 Å². The van der Waals surface area contributed by atoms with Crippen molar-refractivity contribution in [1.82, 2.24) is 19.9 Å². The van der Waals surface area contributed by atoms with Crippen LogP contribution in [0.25, 0.3) is 22.4 Å². The highest BCUT2D eigenvalue weighted by Crippen LogP contribution is 2.35. The molecule has 0 aliphatic carbocycles. The van der Waals surface area contributed by atoms with Crippen molar-refractivity contribution in [2.24, 2.45) is 0 Å². The fourth-order valence-electron chi connectivity index (χ4n) is 4.59. The first-order valence-electron chi connectivity index (χ1n) is 13.2. The number of anilines is 3. The van der Waals surface area contributed by atoms with Gasteiger partial charge in [0.15, 0.2) is 0 Å². The highest BCUT2D eigenvalue weighted by atomic mass is 19.4. The molecule has 4 aromatic rings. The van der Waals surface area contributed by atoms with E-state index in [0.717, 1.165) is 18.0 Å². The van der Waals surface area contributed by atoms with Gasteiger partial charge in [-0.15, -0.1) is 0 Å². The number of piperazine rings is 1. The molecule has 5 rings (SSSR count). The topological polar surface area (TPSA) is 129 Å². The van der Waals surface area contributed by atoms with E-state index in [2.05, 4.69) is 25.2 Å². The summed E-state index contributed by atoms with van der Waals surface area (Å²) in [7, 11) is 0. The van der Waals surface area contributed by atoms with Crippen molar-refractivity contribution in [3.8, 4) is 11.4 Å². The summed E-state index contributed by atoms with van der Waals surface area (Å²) in [5.74, 6) is 0.613. The third kappa shape index (κ3) is 6.24. The molecule has 0 bridgehead atoms. The van der Waals surface area contributed by atoms with Gasteiger partial charge in [-0.2, -0.15) is 13.2 Å². The summed E-state index contributed by atoms with van der Waals surface area (Å²) in [5.41, 5.74) is 5.22. The number of nitrogens with one attached hydrogen (secondary N) is 2. The van der Waals surface area contributed by atoms with E-state index >= 15 is 0 Å². The fourth-order valence-corrected chi connectivity index (χ4v) is 4.59. The molecule has 0 spiro atoms. The third-order valence-corrected chi connectivity index (χ3v) is 6.65. The molecule has 1 aliphatic heterocycles. The molecule has 2 amide bonds. The molecular weight excluding hydrogens is 551 g/mol. The highest BCUT2D eigenvalue weighted by Gasteiger charge is 2.33. The quantitative estimate of drug-likeness (QED) is 0.270. The van der Waals surface area contributed by atoms with Crippen molar-refractivity contribution in [3.05, 3.63) is 65.9 Å². The van der Waals surface area contributed by atoms with Gasteiger partial charge in [0.2, 0.25) is 0 Å². The first kappa shape index (κ1) is 28.7. The van der Waals surface area contributed by atoms with E-state index < -0.39 is 28.9 Å². The van der Waals surface area contributed by atoms with Crippen LogP contribution in [0.3, 0.4) is 0 Å². The molecule has 0 radical (unpaired) electrons. The second-order valence-corrected chi connectivity index (χ2v) is 10.9. The maximum absolute atomic E-state index is 13.3. The number of aromatic nitrogens is 3. The van der Waals surface area contributed by atoms with Gasteiger partial charge in [0.1, 0.15) is 22.8 Å². The number of nitrogen functional groups attached to an aromatic ring is 1. The lowest BCUT2D eigenvalue weighted by molar-refractivity contribution is -0.136. The number of fused-ring (bicyclic) bond motifs is 1. The van der Waals surface area contributed by atoms with Crippen LogP contribution in [0.5, 0.6) is 0 Å². The Morgan fingerprint density at radius 3 is 2.40 bits per heavy atom. The summed E-state index contributed by atoms with van der Waals surface area (Å²) in [6.07, 6.45) is -3.32. The minimum atomic E-state index is -4.65. The van der Waals surface area contributed by atoms with E-state index in [4.69, 9.17) is 10.5 Å². The van der Waals surface area contributed by atoms with Crippen LogP contribution in [0.4, 0.5) is 35.2 Å².